The number of hydrogen-bond donors (Lipinski definition) is 2. The Hall–Kier alpha value is -0.0800. The smallest absolute Gasteiger partial charge is 0.0715 e. The van der Waals surface area contributed by atoms with Crippen molar-refractivity contribution < 1.29 is 5.11 Å². The molecule has 2 fully saturated rings. The molecule has 2 saturated carbocycles. The van der Waals surface area contributed by atoms with Crippen LogP contribution in [0.1, 0.15) is 33.1 Å². The van der Waals surface area contributed by atoms with Crippen LogP contribution >= 0.6 is 0 Å². The Morgan fingerprint density at radius 2 is 2.17 bits per heavy atom. The van der Waals surface area contributed by atoms with Crippen molar-refractivity contribution in [2.24, 2.45) is 11.8 Å². The lowest BCUT2D eigenvalue weighted by molar-refractivity contribution is 0.0757. The summed E-state index contributed by atoms with van der Waals surface area (Å²) in [5, 5.41) is 13.0. The van der Waals surface area contributed by atoms with Gasteiger partial charge in [0.25, 0.3) is 0 Å². The normalized spacial score (nSPS) is 39.8. The minimum Gasteiger partial charge on any atom is -0.389 e. The predicted octanol–water partition coefficient (Wildman–Crippen LogP) is 1.15. The quantitative estimate of drug-likeness (QED) is 0.664. The molecule has 0 aromatic carbocycles. The molecular weight excluding hydrogens is 150 g/mol. The average molecular weight is 169 g/mol. The van der Waals surface area contributed by atoms with Gasteiger partial charge in [-0.05, 0) is 44.9 Å². The Morgan fingerprint density at radius 3 is 2.58 bits per heavy atom. The van der Waals surface area contributed by atoms with Crippen LogP contribution in [0.5, 0.6) is 0 Å². The van der Waals surface area contributed by atoms with Gasteiger partial charge in [-0.3, -0.25) is 0 Å². The van der Waals surface area contributed by atoms with Crippen LogP contribution in [0.2, 0.25) is 0 Å². The fraction of sp³-hybridized carbons (Fsp3) is 1.00. The predicted molar refractivity (Wildman–Crippen MR) is 48.9 cm³/mol. The van der Waals surface area contributed by atoms with Crippen molar-refractivity contribution in [2.45, 2.75) is 44.8 Å². The summed E-state index contributed by atoms with van der Waals surface area (Å²) in [5.41, 5.74) is -0.549. The van der Waals surface area contributed by atoms with Gasteiger partial charge in [-0.15, -0.1) is 0 Å². The van der Waals surface area contributed by atoms with Crippen LogP contribution in [0, 0.1) is 11.8 Å². The molecule has 0 aromatic heterocycles. The zero-order valence-electron chi connectivity index (χ0n) is 8.01. The summed E-state index contributed by atoms with van der Waals surface area (Å²) in [5.74, 6) is 1.98. The maximum atomic E-state index is 9.52. The van der Waals surface area contributed by atoms with Gasteiger partial charge in [0.2, 0.25) is 0 Å². The second kappa shape index (κ2) is 2.71. The van der Waals surface area contributed by atoms with Gasteiger partial charge in [0, 0.05) is 12.6 Å². The number of rotatable bonds is 3. The summed E-state index contributed by atoms with van der Waals surface area (Å²) < 4.78 is 0. The molecule has 0 spiro atoms. The van der Waals surface area contributed by atoms with Gasteiger partial charge >= 0.3 is 0 Å². The Morgan fingerprint density at radius 1 is 1.42 bits per heavy atom. The summed E-state index contributed by atoms with van der Waals surface area (Å²) in [7, 11) is 0. The monoisotopic (exact) mass is 169 g/mol. The van der Waals surface area contributed by atoms with E-state index in [0.29, 0.717) is 6.04 Å². The number of fused-ring (bicyclic) bond motifs is 1. The van der Waals surface area contributed by atoms with E-state index in [0.717, 1.165) is 18.4 Å². The zero-order valence-corrected chi connectivity index (χ0v) is 8.01. The molecule has 2 heteroatoms. The third-order valence-corrected chi connectivity index (χ3v) is 3.14. The van der Waals surface area contributed by atoms with E-state index in [4.69, 9.17) is 0 Å². The maximum absolute atomic E-state index is 9.52. The van der Waals surface area contributed by atoms with Crippen LogP contribution < -0.4 is 5.32 Å². The van der Waals surface area contributed by atoms with Crippen LogP contribution in [-0.4, -0.2) is 23.3 Å². The van der Waals surface area contributed by atoms with Crippen molar-refractivity contribution in [1.29, 1.82) is 0 Å². The molecular formula is C10H19NO. The third-order valence-electron chi connectivity index (χ3n) is 3.14. The second-order valence-electron chi connectivity index (χ2n) is 5.04. The topological polar surface area (TPSA) is 32.3 Å². The molecule has 12 heavy (non-hydrogen) atoms. The third kappa shape index (κ3) is 1.80. The van der Waals surface area contributed by atoms with Gasteiger partial charge in [-0.2, -0.15) is 0 Å². The highest BCUT2D eigenvalue weighted by molar-refractivity contribution is 5.01. The SMILES string of the molecule is CC(C)(O)CNC1CCC2CC21. The molecule has 2 N–H and O–H groups in total. The molecule has 3 atom stereocenters. The Labute approximate surface area is 74.4 Å². The first-order chi connectivity index (χ1) is 5.56. The number of nitrogens with one attached hydrogen (secondary N) is 1. The lowest BCUT2D eigenvalue weighted by Crippen LogP contribution is -2.40. The van der Waals surface area contributed by atoms with Crippen molar-refractivity contribution in [3.63, 3.8) is 0 Å². The Kier molecular flexibility index (Phi) is 1.92. The van der Waals surface area contributed by atoms with Crippen LogP contribution in [0.25, 0.3) is 0 Å². The molecule has 0 aromatic rings. The fourth-order valence-electron chi connectivity index (χ4n) is 2.34. The highest BCUT2D eigenvalue weighted by atomic mass is 16.3. The van der Waals surface area contributed by atoms with Crippen molar-refractivity contribution in [3.8, 4) is 0 Å². The molecule has 0 saturated heterocycles. The minimum atomic E-state index is -0.549. The van der Waals surface area contributed by atoms with E-state index in [1.165, 1.54) is 19.3 Å². The fourth-order valence-corrected chi connectivity index (χ4v) is 2.34. The van der Waals surface area contributed by atoms with Crippen LogP contribution in [0.4, 0.5) is 0 Å². The van der Waals surface area contributed by atoms with E-state index in [2.05, 4.69) is 5.32 Å². The van der Waals surface area contributed by atoms with Crippen LogP contribution in [-0.2, 0) is 0 Å². The van der Waals surface area contributed by atoms with E-state index in [9.17, 15) is 5.11 Å². The summed E-state index contributed by atoms with van der Waals surface area (Å²) in [4.78, 5) is 0. The molecule has 3 unspecified atom stereocenters. The molecule has 0 bridgehead atoms. The summed E-state index contributed by atoms with van der Waals surface area (Å²) in [6.07, 6.45) is 4.17. The zero-order chi connectivity index (χ0) is 8.77. The largest absolute Gasteiger partial charge is 0.389 e. The first kappa shape index (κ1) is 8.52. The van der Waals surface area contributed by atoms with Gasteiger partial charge < -0.3 is 10.4 Å². The summed E-state index contributed by atoms with van der Waals surface area (Å²) in [6.45, 7) is 4.46. The maximum Gasteiger partial charge on any atom is 0.0715 e. The van der Waals surface area contributed by atoms with Gasteiger partial charge in [-0.25, -0.2) is 0 Å². The summed E-state index contributed by atoms with van der Waals surface area (Å²) in [6, 6.07) is 0.710. The lowest BCUT2D eigenvalue weighted by Gasteiger charge is -2.22. The van der Waals surface area contributed by atoms with Gasteiger partial charge in [-0.1, -0.05) is 0 Å². The second-order valence-corrected chi connectivity index (χ2v) is 5.04. The molecule has 70 valence electrons. The number of hydrogen-bond acceptors (Lipinski definition) is 2. The van der Waals surface area contributed by atoms with E-state index in [1.807, 2.05) is 13.8 Å². The molecule has 2 nitrogen and oxygen atoms in total. The van der Waals surface area contributed by atoms with E-state index < -0.39 is 5.60 Å². The van der Waals surface area contributed by atoms with Crippen molar-refractivity contribution >= 4 is 0 Å². The average Bonchev–Trinajstić information content (AvgIpc) is 2.60. The molecule has 0 heterocycles. The van der Waals surface area contributed by atoms with Gasteiger partial charge in [0.1, 0.15) is 0 Å². The van der Waals surface area contributed by atoms with Crippen molar-refractivity contribution in [2.75, 3.05) is 6.54 Å². The first-order valence-electron chi connectivity index (χ1n) is 5.02. The van der Waals surface area contributed by atoms with Crippen molar-refractivity contribution in [3.05, 3.63) is 0 Å². The van der Waals surface area contributed by atoms with Crippen LogP contribution in [0.3, 0.4) is 0 Å². The number of aliphatic hydroxyl groups is 1. The van der Waals surface area contributed by atoms with Gasteiger partial charge in [0.15, 0.2) is 0 Å². The Balaban J connectivity index is 1.73. The highest BCUT2D eigenvalue weighted by Gasteiger charge is 2.47. The lowest BCUT2D eigenvalue weighted by atomic mass is 10.1. The molecule has 2 aliphatic rings. The molecule has 0 amide bonds. The molecule has 0 radical (unpaired) electrons. The molecule has 0 aliphatic heterocycles. The van der Waals surface area contributed by atoms with E-state index in [1.54, 1.807) is 0 Å². The summed E-state index contributed by atoms with van der Waals surface area (Å²) >= 11 is 0. The van der Waals surface area contributed by atoms with E-state index >= 15 is 0 Å². The highest BCUT2D eigenvalue weighted by Crippen LogP contribution is 2.51. The minimum absolute atomic E-state index is 0.549. The molecule has 2 aliphatic carbocycles. The van der Waals surface area contributed by atoms with Crippen LogP contribution in [0.15, 0.2) is 0 Å². The standard InChI is InChI=1S/C10H19NO/c1-10(2,12)6-11-9-4-3-7-5-8(7)9/h7-9,11-12H,3-6H2,1-2H3. The Bertz CT molecular complexity index is 173. The van der Waals surface area contributed by atoms with Gasteiger partial charge in [0.05, 0.1) is 5.60 Å². The van der Waals surface area contributed by atoms with Crippen molar-refractivity contribution in [1.82, 2.24) is 5.32 Å². The van der Waals surface area contributed by atoms with E-state index in [-0.39, 0.29) is 0 Å². The first-order valence-corrected chi connectivity index (χ1v) is 5.02. The molecule has 2 rings (SSSR count).